The van der Waals surface area contributed by atoms with Gasteiger partial charge in [0.25, 0.3) is 5.56 Å². The second kappa shape index (κ2) is 3.99. The van der Waals surface area contributed by atoms with Crippen molar-refractivity contribution in [1.29, 1.82) is 5.41 Å². The Morgan fingerprint density at radius 3 is 2.94 bits per heavy atom. The van der Waals surface area contributed by atoms with Gasteiger partial charge in [0, 0.05) is 10.1 Å². The van der Waals surface area contributed by atoms with E-state index in [4.69, 9.17) is 17.0 Å². The standard InChI is InChI=1S/C10H7BrClN3O/c1-2-4-7-6(3-5(11)8(4)13)14-10(12)15-9(7)16/h2-3,13H,1H3,(H,14,15,16)/b4-2-,13-8?. The van der Waals surface area contributed by atoms with Crippen LogP contribution >= 0.6 is 27.5 Å². The van der Waals surface area contributed by atoms with Gasteiger partial charge in [-0.3, -0.25) is 15.2 Å². The molecule has 0 aliphatic heterocycles. The molecule has 1 aromatic rings. The van der Waals surface area contributed by atoms with Crippen LogP contribution < -0.4 is 5.56 Å². The zero-order valence-electron chi connectivity index (χ0n) is 8.27. The summed E-state index contributed by atoms with van der Waals surface area (Å²) < 4.78 is 0.585. The second-order valence-electron chi connectivity index (χ2n) is 3.19. The van der Waals surface area contributed by atoms with Crippen molar-refractivity contribution in [3.8, 4) is 0 Å². The first-order chi connectivity index (χ1) is 7.54. The molecular formula is C10H7BrClN3O. The molecule has 0 saturated carbocycles. The summed E-state index contributed by atoms with van der Waals surface area (Å²) in [5.74, 6) is 0. The van der Waals surface area contributed by atoms with Crippen molar-refractivity contribution in [2.24, 2.45) is 0 Å². The van der Waals surface area contributed by atoms with Crippen LogP contribution in [0.4, 0.5) is 0 Å². The number of nitrogens with zero attached hydrogens (tertiary/aromatic N) is 1. The van der Waals surface area contributed by atoms with E-state index in [1.165, 1.54) is 0 Å². The smallest absolute Gasteiger partial charge is 0.260 e. The van der Waals surface area contributed by atoms with Crippen molar-refractivity contribution in [3.63, 3.8) is 0 Å². The van der Waals surface area contributed by atoms with Gasteiger partial charge in [0.05, 0.1) is 17.0 Å². The number of aromatic nitrogens is 2. The van der Waals surface area contributed by atoms with E-state index < -0.39 is 0 Å². The number of fused-ring (bicyclic) bond motifs is 1. The highest BCUT2D eigenvalue weighted by molar-refractivity contribution is 9.12. The maximum absolute atomic E-state index is 11.7. The van der Waals surface area contributed by atoms with Gasteiger partial charge in [-0.2, -0.15) is 0 Å². The Bertz CT molecular complexity index is 601. The van der Waals surface area contributed by atoms with Crippen molar-refractivity contribution in [2.45, 2.75) is 6.92 Å². The molecule has 1 aliphatic carbocycles. The highest BCUT2D eigenvalue weighted by Gasteiger charge is 2.23. The van der Waals surface area contributed by atoms with Crippen LogP contribution in [0.3, 0.4) is 0 Å². The van der Waals surface area contributed by atoms with Crippen LogP contribution in [0.1, 0.15) is 18.2 Å². The van der Waals surface area contributed by atoms with E-state index in [9.17, 15) is 4.79 Å². The van der Waals surface area contributed by atoms with Crippen molar-refractivity contribution < 1.29 is 0 Å². The molecule has 1 heterocycles. The number of aromatic amines is 1. The summed E-state index contributed by atoms with van der Waals surface area (Å²) >= 11 is 8.93. The third kappa shape index (κ3) is 1.66. The van der Waals surface area contributed by atoms with E-state index in [2.05, 4.69) is 25.9 Å². The quantitative estimate of drug-likeness (QED) is 0.723. The number of halogens is 2. The molecule has 1 aromatic heterocycles. The minimum atomic E-state index is -0.330. The van der Waals surface area contributed by atoms with E-state index in [1.54, 1.807) is 19.1 Å². The SMILES string of the molecule is C/C=C1\C(=N)C(Br)=Cc2nc(Cl)[nH]c(=O)c21. The highest BCUT2D eigenvalue weighted by atomic mass is 79.9. The van der Waals surface area contributed by atoms with Gasteiger partial charge < -0.3 is 0 Å². The van der Waals surface area contributed by atoms with Crippen LogP contribution in [0, 0.1) is 5.41 Å². The Labute approximate surface area is 105 Å². The number of H-pyrrole nitrogens is 1. The van der Waals surface area contributed by atoms with Crippen molar-refractivity contribution in [2.75, 3.05) is 0 Å². The maximum atomic E-state index is 11.7. The van der Waals surface area contributed by atoms with Crippen LogP contribution in [0.2, 0.25) is 5.28 Å². The molecule has 0 amide bonds. The Kier molecular flexibility index (Phi) is 2.82. The van der Waals surface area contributed by atoms with Crippen molar-refractivity contribution >= 4 is 44.9 Å². The molecule has 6 heteroatoms. The minimum absolute atomic E-state index is 0.0455. The lowest BCUT2D eigenvalue weighted by atomic mass is 9.95. The first-order valence-electron chi connectivity index (χ1n) is 4.47. The fourth-order valence-corrected chi connectivity index (χ4v) is 2.17. The molecule has 0 aromatic carbocycles. The summed E-state index contributed by atoms with van der Waals surface area (Å²) in [4.78, 5) is 18.2. The van der Waals surface area contributed by atoms with Crippen molar-refractivity contribution in [3.05, 3.63) is 37.5 Å². The summed E-state index contributed by atoms with van der Waals surface area (Å²) in [7, 11) is 0. The lowest BCUT2D eigenvalue weighted by molar-refractivity contribution is 1.09. The monoisotopic (exact) mass is 299 g/mol. The Hall–Kier alpha value is -1.20. The van der Waals surface area contributed by atoms with Gasteiger partial charge >= 0.3 is 0 Å². The highest BCUT2D eigenvalue weighted by Crippen LogP contribution is 2.29. The predicted octanol–water partition coefficient (Wildman–Crippen LogP) is 2.60. The van der Waals surface area contributed by atoms with E-state index in [0.717, 1.165) is 0 Å². The molecule has 0 fully saturated rings. The fourth-order valence-electron chi connectivity index (χ4n) is 1.56. The minimum Gasteiger partial charge on any atom is -0.299 e. The van der Waals surface area contributed by atoms with Crippen LogP contribution in [-0.2, 0) is 0 Å². The first kappa shape index (κ1) is 11.3. The summed E-state index contributed by atoms with van der Waals surface area (Å²) in [6, 6.07) is 0. The Balaban J connectivity index is 2.86. The molecule has 0 atom stereocenters. The number of hydrogen-bond acceptors (Lipinski definition) is 3. The van der Waals surface area contributed by atoms with E-state index in [0.29, 0.717) is 21.3 Å². The summed E-state index contributed by atoms with van der Waals surface area (Å²) in [5, 5.41) is 7.88. The van der Waals surface area contributed by atoms with Crippen LogP contribution in [-0.4, -0.2) is 15.7 Å². The zero-order chi connectivity index (χ0) is 11.9. The Morgan fingerprint density at radius 1 is 1.62 bits per heavy atom. The number of nitrogens with one attached hydrogen (secondary N) is 2. The molecule has 4 nitrogen and oxygen atoms in total. The fraction of sp³-hybridized carbons (Fsp3) is 0.100. The van der Waals surface area contributed by atoms with Gasteiger partial charge in [-0.05, 0) is 40.5 Å². The first-order valence-corrected chi connectivity index (χ1v) is 5.64. The summed E-state index contributed by atoms with van der Waals surface area (Å²) in [5.41, 5.74) is 1.35. The van der Waals surface area contributed by atoms with Crippen molar-refractivity contribution in [1.82, 2.24) is 9.97 Å². The van der Waals surface area contributed by atoms with E-state index >= 15 is 0 Å². The third-order valence-corrected chi connectivity index (χ3v) is 3.05. The van der Waals surface area contributed by atoms with Gasteiger partial charge in [-0.1, -0.05) is 6.08 Å². The largest absolute Gasteiger partial charge is 0.299 e. The van der Waals surface area contributed by atoms with Gasteiger partial charge in [0.15, 0.2) is 0 Å². The van der Waals surface area contributed by atoms with E-state index in [1.807, 2.05) is 0 Å². The van der Waals surface area contributed by atoms with E-state index in [-0.39, 0.29) is 16.6 Å². The molecule has 0 saturated heterocycles. The zero-order valence-corrected chi connectivity index (χ0v) is 10.6. The molecule has 82 valence electrons. The molecule has 1 aliphatic rings. The van der Waals surface area contributed by atoms with Gasteiger partial charge in [0.1, 0.15) is 0 Å². The lowest BCUT2D eigenvalue weighted by Crippen LogP contribution is -2.21. The van der Waals surface area contributed by atoms with Crippen LogP contribution in [0.15, 0.2) is 15.4 Å². The molecule has 2 rings (SSSR count). The predicted molar refractivity (Wildman–Crippen MR) is 68.1 cm³/mol. The second-order valence-corrected chi connectivity index (χ2v) is 4.40. The lowest BCUT2D eigenvalue weighted by Gasteiger charge is -2.15. The Morgan fingerprint density at radius 2 is 2.31 bits per heavy atom. The molecule has 16 heavy (non-hydrogen) atoms. The molecular weight excluding hydrogens is 293 g/mol. The third-order valence-electron chi connectivity index (χ3n) is 2.25. The van der Waals surface area contributed by atoms with Crippen LogP contribution in [0.25, 0.3) is 11.6 Å². The average Bonchev–Trinajstić information content (AvgIpc) is 2.20. The number of rotatable bonds is 0. The molecule has 0 radical (unpaired) electrons. The topological polar surface area (TPSA) is 69.6 Å². The molecule has 0 spiro atoms. The average molecular weight is 301 g/mol. The van der Waals surface area contributed by atoms with Gasteiger partial charge in [-0.25, -0.2) is 4.98 Å². The number of allylic oxidation sites excluding steroid dienone is 3. The molecule has 0 bridgehead atoms. The van der Waals surface area contributed by atoms with Gasteiger partial charge in [0.2, 0.25) is 5.28 Å². The summed E-state index contributed by atoms with van der Waals surface area (Å²) in [6.07, 6.45) is 3.33. The maximum Gasteiger partial charge on any atom is 0.260 e. The molecule has 0 unspecified atom stereocenters. The van der Waals surface area contributed by atoms with Gasteiger partial charge in [-0.15, -0.1) is 0 Å². The van der Waals surface area contributed by atoms with Crippen LogP contribution in [0.5, 0.6) is 0 Å². The number of hydrogen-bond donors (Lipinski definition) is 2. The summed E-state index contributed by atoms with van der Waals surface area (Å²) in [6.45, 7) is 1.77. The normalized spacial score (nSPS) is 17.3. The molecule has 2 N–H and O–H groups in total.